The van der Waals surface area contributed by atoms with E-state index in [1.165, 1.54) is 37.7 Å². The van der Waals surface area contributed by atoms with Gasteiger partial charge in [0.15, 0.2) is 0 Å². The molecule has 4 rings (SSSR count). The maximum Gasteiger partial charge on any atom is 0.119 e. The number of benzene rings is 1. The van der Waals surface area contributed by atoms with Crippen LogP contribution in [-0.4, -0.2) is 31.6 Å². The first-order valence-corrected chi connectivity index (χ1v) is 9.79. The number of methoxy groups -OCH3 is 1. The normalized spacial score (nSPS) is 39.3. The molecule has 0 amide bonds. The fourth-order valence-electron chi connectivity index (χ4n) is 6.80. The van der Waals surface area contributed by atoms with Crippen molar-refractivity contribution in [3.63, 3.8) is 0 Å². The van der Waals surface area contributed by atoms with Crippen LogP contribution in [0.15, 0.2) is 18.2 Å². The van der Waals surface area contributed by atoms with Crippen molar-refractivity contribution in [2.45, 2.75) is 56.9 Å². The Labute approximate surface area is 152 Å². The third-order valence-electron chi connectivity index (χ3n) is 8.09. The van der Waals surface area contributed by atoms with Crippen molar-refractivity contribution in [2.75, 3.05) is 21.2 Å². The molecule has 0 radical (unpaired) electrons. The van der Waals surface area contributed by atoms with E-state index in [1.54, 1.807) is 12.7 Å². The molecule has 0 aromatic heterocycles. The molecule has 2 saturated carbocycles. The van der Waals surface area contributed by atoms with Crippen molar-refractivity contribution in [3.05, 3.63) is 29.3 Å². The van der Waals surface area contributed by atoms with Crippen molar-refractivity contribution >= 4 is 0 Å². The van der Waals surface area contributed by atoms with E-state index in [2.05, 4.69) is 50.0 Å². The van der Waals surface area contributed by atoms with Crippen LogP contribution >= 0.6 is 0 Å². The standard InChI is InChI=1S/C23H31NO/c1-6-23(24(3)4)14-12-21-20-9-7-16-15-17(25-5)8-10-18(16)19(20)11-13-22(21,23)2/h1,8,10,15,19-21H,7,9,11-14H2,2-5H3/t19-,20-,21-,22+,23+/m0/s1. The summed E-state index contributed by atoms with van der Waals surface area (Å²) in [6, 6.07) is 6.75. The van der Waals surface area contributed by atoms with Crippen LogP contribution in [0.25, 0.3) is 0 Å². The molecule has 134 valence electrons. The van der Waals surface area contributed by atoms with Gasteiger partial charge >= 0.3 is 0 Å². The van der Waals surface area contributed by atoms with Gasteiger partial charge in [-0.1, -0.05) is 18.9 Å². The third kappa shape index (κ3) is 2.15. The molecule has 1 aromatic carbocycles. The number of fused-ring (bicyclic) bond motifs is 5. The Morgan fingerprint density at radius 1 is 1.20 bits per heavy atom. The van der Waals surface area contributed by atoms with E-state index < -0.39 is 0 Å². The largest absolute Gasteiger partial charge is 0.497 e. The number of terminal acetylenes is 1. The van der Waals surface area contributed by atoms with Gasteiger partial charge in [0.2, 0.25) is 0 Å². The van der Waals surface area contributed by atoms with Gasteiger partial charge in [0.1, 0.15) is 5.75 Å². The van der Waals surface area contributed by atoms with E-state index in [0.29, 0.717) is 5.92 Å². The highest BCUT2D eigenvalue weighted by Gasteiger charge is 2.62. The first-order valence-electron chi connectivity index (χ1n) is 9.79. The monoisotopic (exact) mass is 337 g/mol. The summed E-state index contributed by atoms with van der Waals surface area (Å²) in [5.41, 5.74) is 3.28. The Kier molecular flexibility index (Phi) is 3.92. The fourth-order valence-corrected chi connectivity index (χ4v) is 6.80. The second kappa shape index (κ2) is 5.78. The zero-order chi connectivity index (χ0) is 17.8. The van der Waals surface area contributed by atoms with Gasteiger partial charge in [-0.25, -0.2) is 0 Å². The van der Waals surface area contributed by atoms with E-state index in [4.69, 9.17) is 11.2 Å². The van der Waals surface area contributed by atoms with Crippen molar-refractivity contribution < 1.29 is 4.74 Å². The molecule has 0 heterocycles. The summed E-state index contributed by atoms with van der Waals surface area (Å²) in [5, 5.41) is 0. The van der Waals surface area contributed by atoms with Gasteiger partial charge < -0.3 is 4.74 Å². The SMILES string of the molecule is C#C[C@@]1(N(C)C)CC[C@H]2[C@H]3CCc4cc(OC)ccc4[C@@H]3CC[C@]21C. The van der Waals surface area contributed by atoms with Gasteiger partial charge in [-0.2, -0.15) is 0 Å². The highest BCUT2D eigenvalue weighted by Crippen LogP contribution is 2.65. The predicted molar refractivity (Wildman–Crippen MR) is 103 cm³/mol. The van der Waals surface area contributed by atoms with E-state index in [1.807, 2.05) is 0 Å². The molecule has 0 aliphatic heterocycles. The fraction of sp³-hybridized carbons (Fsp3) is 0.652. The first kappa shape index (κ1) is 17.0. The molecule has 2 heteroatoms. The van der Waals surface area contributed by atoms with Crippen LogP contribution in [0, 0.1) is 29.6 Å². The molecule has 2 fully saturated rings. The lowest BCUT2D eigenvalue weighted by Crippen LogP contribution is -2.57. The molecule has 25 heavy (non-hydrogen) atoms. The molecule has 1 aromatic rings. The van der Waals surface area contributed by atoms with Crippen LogP contribution in [0.1, 0.15) is 56.1 Å². The van der Waals surface area contributed by atoms with Gasteiger partial charge in [0.25, 0.3) is 0 Å². The molecule has 0 spiro atoms. The van der Waals surface area contributed by atoms with Crippen LogP contribution in [0.2, 0.25) is 0 Å². The second-order valence-corrected chi connectivity index (χ2v) is 8.87. The number of ether oxygens (including phenoxy) is 1. The summed E-state index contributed by atoms with van der Waals surface area (Å²) < 4.78 is 5.44. The summed E-state index contributed by atoms with van der Waals surface area (Å²) >= 11 is 0. The minimum atomic E-state index is -0.0666. The third-order valence-corrected chi connectivity index (χ3v) is 8.09. The number of rotatable bonds is 2. The van der Waals surface area contributed by atoms with E-state index in [-0.39, 0.29) is 11.0 Å². The summed E-state index contributed by atoms with van der Waals surface area (Å²) in [7, 11) is 6.13. The Bertz CT molecular complexity index is 717. The molecular formula is C23H31NO. The maximum absolute atomic E-state index is 6.13. The molecule has 5 atom stereocenters. The summed E-state index contributed by atoms with van der Waals surface area (Å²) in [5.74, 6) is 6.50. The molecule has 3 aliphatic carbocycles. The van der Waals surface area contributed by atoms with Gasteiger partial charge in [-0.05, 0) is 93.6 Å². The predicted octanol–water partition coefficient (Wildman–Crippen LogP) is 4.48. The van der Waals surface area contributed by atoms with Crippen LogP contribution in [0.3, 0.4) is 0 Å². The summed E-state index contributed by atoms with van der Waals surface area (Å²) in [6.07, 6.45) is 13.6. The molecule has 3 aliphatic rings. The maximum atomic E-state index is 6.13. The minimum Gasteiger partial charge on any atom is -0.497 e. The quantitative estimate of drug-likeness (QED) is 0.738. The lowest BCUT2D eigenvalue weighted by Gasteiger charge is -2.55. The Hall–Kier alpha value is -1.46. The number of hydrogen-bond acceptors (Lipinski definition) is 2. The van der Waals surface area contributed by atoms with Crippen molar-refractivity contribution in [1.29, 1.82) is 0 Å². The zero-order valence-corrected chi connectivity index (χ0v) is 16.1. The Balaban J connectivity index is 1.70. The summed E-state index contributed by atoms with van der Waals surface area (Å²) in [6.45, 7) is 2.49. The van der Waals surface area contributed by atoms with Crippen molar-refractivity contribution in [2.24, 2.45) is 17.3 Å². The zero-order valence-electron chi connectivity index (χ0n) is 16.1. The van der Waals surface area contributed by atoms with Crippen LogP contribution in [0.4, 0.5) is 0 Å². The smallest absolute Gasteiger partial charge is 0.119 e. The lowest BCUT2D eigenvalue weighted by atomic mass is 9.52. The molecule has 0 saturated heterocycles. The highest BCUT2D eigenvalue weighted by atomic mass is 16.5. The molecule has 2 nitrogen and oxygen atoms in total. The van der Waals surface area contributed by atoms with Crippen LogP contribution in [0.5, 0.6) is 5.75 Å². The highest BCUT2D eigenvalue weighted by molar-refractivity contribution is 5.41. The summed E-state index contributed by atoms with van der Waals surface area (Å²) in [4.78, 5) is 2.34. The average Bonchev–Trinajstić information content (AvgIpc) is 2.94. The van der Waals surface area contributed by atoms with E-state index in [0.717, 1.165) is 24.0 Å². The molecule has 0 unspecified atom stereocenters. The van der Waals surface area contributed by atoms with E-state index in [9.17, 15) is 0 Å². The topological polar surface area (TPSA) is 12.5 Å². The molecule has 0 bridgehead atoms. The second-order valence-electron chi connectivity index (χ2n) is 8.87. The van der Waals surface area contributed by atoms with Crippen molar-refractivity contribution in [1.82, 2.24) is 4.90 Å². The van der Waals surface area contributed by atoms with E-state index >= 15 is 0 Å². The van der Waals surface area contributed by atoms with Crippen molar-refractivity contribution in [3.8, 4) is 18.1 Å². The van der Waals surface area contributed by atoms with Gasteiger partial charge in [0.05, 0.1) is 12.6 Å². The van der Waals surface area contributed by atoms with Gasteiger partial charge in [-0.3, -0.25) is 4.90 Å². The minimum absolute atomic E-state index is 0.0666. The number of hydrogen-bond donors (Lipinski definition) is 0. The van der Waals surface area contributed by atoms with Crippen LogP contribution < -0.4 is 4.74 Å². The van der Waals surface area contributed by atoms with Crippen LogP contribution in [-0.2, 0) is 6.42 Å². The number of aryl methyl sites for hydroxylation is 1. The van der Waals surface area contributed by atoms with Gasteiger partial charge in [0, 0.05) is 5.41 Å². The number of nitrogens with zero attached hydrogens (tertiary/aromatic N) is 1. The Morgan fingerprint density at radius 3 is 2.68 bits per heavy atom. The molecular weight excluding hydrogens is 306 g/mol. The lowest BCUT2D eigenvalue weighted by molar-refractivity contribution is -0.0162. The Morgan fingerprint density at radius 2 is 2.00 bits per heavy atom. The van der Waals surface area contributed by atoms with Gasteiger partial charge in [-0.15, -0.1) is 6.42 Å². The average molecular weight is 338 g/mol. The molecule has 0 N–H and O–H groups in total. The first-order chi connectivity index (χ1) is 12.0.